The van der Waals surface area contributed by atoms with Gasteiger partial charge in [0.25, 0.3) is 26.0 Å². The maximum atomic E-state index is 12.8. The molecule has 9 aromatic rings. The molecule has 434 valence electrons. The SMILES string of the molecule is CN(C)c1ccc(C(c2ccc(N(C)C)cc2)c2ccc(N(C)C)cc2)cc1.O=C(Nc1cccc2c(OC(=O)C(Cl)Cl)c(N=Nc3ccc(S(=O)(=O)Nc4nccs4)cc3)cc(N=Nc3ccc(S(=O)(=O)Nc4nccs4)cc3)c12)C(Cl)Cl. The molecule has 1 amide bonds. The Balaban J connectivity index is 0.000000274. The first kappa shape index (κ1) is 62.3. The van der Waals surface area contributed by atoms with Crippen LogP contribution >= 0.6 is 69.1 Å². The van der Waals surface area contributed by atoms with Gasteiger partial charge in [0.05, 0.1) is 32.5 Å². The minimum absolute atomic E-state index is 0.0514. The molecule has 0 spiro atoms. The third-order valence-corrected chi connectivity index (χ3v) is 17.4. The molecule has 0 bridgehead atoms. The van der Waals surface area contributed by atoms with Crippen LogP contribution in [-0.2, 0) is 29.6 Å². The number of hydrogen-bond donors (Lipinski definition) is 3. The lowest BCUT2D eigenvalue weighted by Gasteiger charge is -2.22. The summed E-state index contributed by atoms with van der Waals surface area (Å²) >= 11 is 25.5. The summed E-state index contributed by atoms with van der Waals surface area (Å²) in [5.41, 5.74) is 8.07. The Hall–Kier alpha value is -7.74. The van der Waals surface area contributed by atoms with E-state index >= 15 is 0 Å². The van der Waals surface area contributed by atoms with Crippen molar-refractivity contribution in [3.8, 4) is 5.75 Å². The second-order valence-corrected chi connectivity index (χ2v) is 26.0. The number of rotatable bonds is 20. The van der Waals surface area contributed by atoms with Crippen LogP contribution in [0.1, 0.15) is 22.6 Å². The van der Waals surface area contributed by atoms with Gasteiger partial charge in [0.2, 0.25) is 4.84 Å². The molecule has 0 atom stereocenters. The number of aromatic nitrogens is 2. The van der Waals surface area contributed by atoms with Crippen molar-refractivity contribution in [3.05, 3.63) is 185 Å². The molecule has 7 aromatic carbocycles. The molecule has 9 rings (SSSR count). The molecule has 84 heavy (non-hydrogen) atoms. The number of benzene rings is 7. The lowest BCUT2D eigenvalue weighted by Crippen LogP contribution is -2.19. The van der Waals surface area contributed by atoms with Crippen molar-refractivity contribution in [1.82, 2.24) is 9.97 Å². The average molecular weight is 1290 g/mol. The van der Waals surface area contributed by atoms with E-state index in [4.69, 9.17) is 51.1 Å². The summed E-state index contributed by atoms with van der Waals surface area (Å²) in [5.74, 6) is -1.84. The maximum Gasteiger partial charge on any atom is 0.344 e. The predicted molar refractivity (Wildman–Crippen MR) is 340 cm³/mol. The molecule has 0 aliphatic heterocycles. The molecule has 0 aliphatic carbocycles. The van der Waals surface area contributed by atoms with Gasteiger partial charge in [0.1, 0.15) is 5.69 Å². The number of thiazole rings is 2. The van der Waals surface area contributed by atoms with Crippen LogP contribution in [0.4, 0.5) is 55.8 Å². The van der Waals surface area contributed by atoms with E-state index in [2.05, 4.69) is 175 Å². The minimum Gasteiger partial charge on any atom is -0.421 e. The number of carbonyl (C=O) groups excluding carboxylic acids is 2. The number of halogens is 4. The van der Waals surface area contributed by atoms with Gasteiger partial charge >= 0.3 is 5.97 Å². The third-order valence-electron chi connectivity index (χ3n) is 12.3. The lowest BCUT2D eigenvalue weighted by molar-refractivity contribution is -0.132. The first-order chi connectivity index (χ1) is 40.1. The van der Waals surface area contributed by atoms with Gasteiger partial charge in [0, 0.05) is 99.2 Å². The topological polar surface area (TPSA) is 233 Å². The second kappa shape index (κ2) is 27.8. The van der Waals surface area contributed by atoms with Gasteiger partial charge < -0.3 is 24.8 Å². The summed E-state index contributed by atoms with van der Waals surface area (Å²) in [6.45, 7) is 0. The van der Waals surface area contributed by atoms with E-state index in [1.54, 1.807) is 10.8 Å². The molecular weight excluding hydrogens is 1230 g/mol. The summed E-state index contributed by atoms with van der Waals surface area (Å²) in [4.78, 5) is 36.4. The summed E-state index contributed by atoms with van der Waals surface area (Å²) in [6.07, 6.45) is 2.92. The molecule has 27 heteroatoms. The van der Waals surface area contributed by atoms with Crippen molar-refractivity contribution in [2.45, 2.75) is 25.4 Å². The zero-order valence-corrected chi connectivity index (χ0v) is 51.7. The number of alkyl halides is 4. The smallest absolute Gasteiger partial charge is 0.344 e. The van der Waals surface area contributed by atoms with Gasteiger partial charge in [-0.2, -0.15) is 10.2 Å². The van der Waals surface area contributed by atoms with E-state index in [1.165, 1.54) is 119 Å². The molecule has 0 fully saturated rings. The Morgan fingerprint density at radius 1 is 0.536 bits per heavy atom. The zero-order chi connectivity index (χ0) is 60.3. The molecule has 2 heterocycles. The predicted octanol–water partition coefficient (Wildman–Crippen LogP) is 14.7. The molecule has 0 saturated heterocycles. The van der Waals surface area contributed by atoms with Gasteiger partial charge in [-0.05, 0) is 114 Å². The summed E-state index contributed by atoms with van der Waals surface area (Å²) in [5, 5.41) is 23.7. The van der Waals surface area contributed by atoms with Crippen molar-refractivity contribution in [2.24, 2.45) is 20.5 Å². The highest BCUT2D eigenvalue weighted by Gasteiger charge is 2.25. The van der Waals surface area contributed by atoms with Gasteiger partial charge in [-0.15, -0.1) is 32.9 Å². The fraction of sp³-hybridized carbons (Fsp3) is 0.158. The van der Waals surface area contributed by atoms with Crippen LogP contribution < -0.4 is 34.2 Å². The van der Waals surface area contributed by atoms with E-state index in [9.17, 15) is 26.4 Å². The molecule has 2 aromatic heterocycles. The van der Waals surface area contributed by atoms with Gasteiger partial charge in [-0.25, -0.2) is 31.6 Å². The summed E-state index contributed by atoms with van der Waals surface area (Å²) in [6, 6.07) is 43.4. The Morgan fingerprint density at radius 3 is 1.32 bits per heavy atom. The van der Waals surface area contributed by atoms with Crippen LogP contribution in [0, 0.1) is 0 Å². The monoisotopic (exact) mass is 1280 g/mol. The van der Waals surface area contributed by atoms with E-state index in [1.807, 2.05) is 0 Å². The standard InChI is InChI=1S/C32H21Cl4N9O7S4.C25H31N3/c33-27(34)29(46)39-22-3-1-2-21-25(22)23(42-40-17-4-8-19(9-5-17)55(48,49)44-31-37-12-14-53-31)16-24(26(21)52-30(47)28(35)36)43-41-18-6-10-20(11-7-18)56(50,51)45-32-38-13-15-54-32;1-26(2)22-13-7-19(8-14-22)25(20-9-15-23(16-10-20)27(3)4)21-11-17-24(18-12-21)28(5)6/h1-16,27-28H,(H,37,44)(H,38,45)(H,39,46);7-18,25H,1-6H3. The van der Waals surface area contributed by atoms with Gasteiger partial charge in [-0.3, -0.25) is 14.2 Å². The number of amides is 1. The fourth-order valence-electron chi connectivity index (χ4n) is 8.09. The molecule has 0 radical (unpaired) electrons. The molecule has 3 N–H and O–H groups in total. The molecule has 0 aliphatic rings. The van der Waals surface area contributed by atoms with Crippen LogP contribution in [-0.4, -0.2) is 90.6 Å². The quantitative estimate of drug-likeness (QED) is 0.0213. The molecule has 0 unspecified atom stereocenters. The van der Waals surface area contributed by atoms with Crippen LogP contribution in [0.2, 0.25) is 0 Å². The van der Waals surface area contributed by atoms with Crippen LogP contribution in [0.5, 0.6) is 5.75 Å². The number of nitrogens with zero attached hydrogens (tertiary/aromatic N) is 9. The van der Waals surface area contributed by atoms with Crippen molar-refractivity contribution in [3.63, 3.8) is 0 Å². The first-order valence-electron chi connectivity index (χ1n) is 25.0. The number of esters is 1. The Morgan fingerprint density at radius 2 is 0.952 bits per heavy atom. The van der Waals surface area contributed by atoms with E-state index in [0.29, 0.717) is 0 Å². The number of carbonyl (C=O) groups is 2. The normalized spacial score (nSPS) is 11.7. The Kier molecular flexibility index (Phi) is 20.6. The average Bonchev–Trinajstić information content (AvgIpc) is 2.48. The Bertz CT molecular complexity index is 3890. The highest BCUT2D eigenvalue weighted by atomic mass is 35.5. The first-order valence-corrected chi connectivity index (χ1v) is 31.4. The third kappa shape index (κ3) is 15.9. The maximum absolute atomic E-state index is 12.8. The number of ether oxygens (including phenoxy) is 1. The molecule has 0 saturated carbocycles. The van der Waals surface area contributed by atoms with Crippen molar-refractivity contribution in [1.29, 1.82) is 0 Å². The van der Waals surface area contributed by atoms with Crippen molar-refractivity contribution in [2.75, 3.05) is 71.7 Å². The van der Waals surface area contributed by atoms with E-state index in [-0.39, 0.29) is 70.9 Å². The summed E-state index contributed by atoms with van der Waals surface area (Å²) in [7, 11) is 4.55. The Labute approximate surface area is 513 Å². The van der Waals surface area contributed by atoms with Crippen LogP contribution in [0.3, 0.4) is 0 Å². The van der Waals surface area contributed by atoms with E-state index < -0.39 is 41.6 Å². The minimum atomic E-state index is -3.95. The molecular formula is C57H52Cl4N12O7S4. The second-order valence-electron chi connectivity index (χ2n) is 18.6. The van der Waals surface area contributed by atoms with Gasteiger partial charge in [0.15, 0.2) is 20.8 Å². The van der Waals surface area contributed by atoms with Crippen LogP contribution in [0.25, 0.3) is 10.8 Å². The number of azo groups is 2. The van der Waals surface area contributed by atoms with Crippen molar-refractivity contribution < 1.29 is 31.2 Å². The zero-order valence-electron chi connectivity index (χ0n) is 45.4. The highest BCUT2D eigenvalue weighted by Crippen LogP contribution is 2.46. The lowest BCUT2D eigenvalue weighted by atomic mass is 9.85. The number of fused-ring (bicyclic) bond motifs is 1. The largest absolute Gasteiger partial charge is 0.421 e. The number of anilines is 6. The highest BCUT2D eigenvalue weighted by molar-refractivity contribution is 7.93. The fourth-order valence-corrected chi connectivity index (χ4v) is 11.9. The summed E-state index contributed by atoms with van der Waals surface area (Å²) < 4.78 is 61.6. The molecule has 19 nitrogen and oxygen atoms in total. The van der Waals surface area contributed by atoms with Crippen molar-refractivity contribution >= 4 is 168 Å². The number of nitrogens with one attached hydrogen (secondary N) is 3. The number of sulfonamides is 2. The van der Waals surface area contributed by atoms with E-state index in [0.717, 1.165) is 22.7 Å². The number of hydrogen-bond acceptors (Lipinski definition) is 18. The van der Waals surface area contributed by atoms with Crippen LogP contribution in [0.15, 0.2) is 199 Å². The van der Waals surface area contributed by atoms with Gasteiger partial charge in [-0.1, -0.05) is 94.9 Å².